The molecule has 0 spiro atoms. The van der Waals surface area contributed by atoms with Crippen LogP contribution in [0.1, 0.15) is 40.0 Å². The summed E-state index contributed by atoms with van der Waals surface area (Å²) in [5.41, 5.74) is 16.2. The van der Waals surface area contributed by atoms with Crippen molar-refractivity contribution in [1.82, 2.24) is 10.6 Å². The summed E-state index contributed by atoms with van der Waals surface area (Å²) in [5, 5.41) is 6.45. The van der Waals surface area contributed by atoms with E-state index in [1.165, 1.54) is 0 Å². The molecule has 0 fully saturated rings. The highest BCUT2D eigenvalue weighted by atomic mass is 28.4. The molecule has 0 aliphatic heterocycles. The molecule has 41 heavy (non-hydrogen) atoms. The molecule has 0 heterocycles. The second-order valence-electron chi connectivity index (χ2n) is 9.00. The molecule has 8 N–H and O–H groups in total. The maximum absolute atomic E-state index is 5.65. The van der Waals surface area contributed by atoms with Crippen molar-refractivity contribution in [2.45, 2.75) is 64.7 Å². The van der Waals surface area contributed by atoms with Gasteiger partial charge in [0.2, 0.25) is 0 Å². The lowest BCUT2D eigenvalue weighted by molar-refractivity contribution is 0.0709. The van der Waals surface area contributed by atoms with Crippen LogP contribution in [0.2, 0.25) is 24.7 Å². The predicted molar refractivity (Wildman–Crippen MR) is 174 cm³/mol. The zero-order chi connectivity index (χ0) is 31.9. The molecule has 0 aromatic heterocycles. The van der Waals surface area contributed by atoms with Gasteiger partial charge in [0.1, 0.15) is 0 Å². The number of rotatable bonds is 26. The van der Waals surface area contributed by atoms with E-state index in [4.69, 9.17) is 52.6 Å². The number of hydrogen-bond donors (Lipinski definition) is 5. The Balaban J connectivity index is -0.000000529. The van der Waals surface area contributed by atoms with Crippen LogP contribution in [0.5, 0.6) is 0 Å². The van der Waals surface area contributed by atoms with Crippen LogP contribution in [0.15, 0.2) is 0 Å². The van der Waals surface area contributed by atoms with E-state index >= 15 is 0 Å². The van der Waals surface area contributed by atoms with Crippen molar-refractivity contribution in [3.05, 3.63) is 0 Å². The molecule has 0 aliphatic rings. The van der Waals surface area contributed by atoms with E-state index in [-0.39, 0.29) is 0 Å². The van der Waals surface area contributed by atoms with Gasteiger partial charge < -0.3 is 63.2 Å². The third-order valence-corrected chi connectivity index (χ3v) is 15.0. The van der Waals surface area contributed by atoms with Gasteiger partial charge in [-0.25, -0.2) is 0 Å². The largest absolute Gasteiger partial charge is 0.500 e. The second-order valence-corrected chi connectivity index (χ2v) is 18.4. The molecule has 16 heteroatoms. The first-order valence-electron chi connectivity index (χ1n) is 14.9. The Morgan fingerprint density at radius 1 is 0.488 bits per heavy atom. The van der Waals surface area contributed by atoms with Crippen molar-refractivity contribution in [2.24, 2.45) is 17.2 Å². The molecule has 13 nitrogen and oxygen atoms in total. The third-order valence-electron chi connectivity index (χ3n) is 6.04. The first kappa shape index (κ1) is 45.6. The molecule has 0 aliphatic carbocycles. The van der Waals surface area contributed by atoms with E-state index < -0.39 is 26.2 Å². The summed E-state index contributed by atoms with van der Waals surface area (Å²) in [7, 11) is 1.77. The molecule has 252 valence electrons. The minimum Gasteiger partial charge on any atom is -0.398 e. The van der Waals surface area contributed by atoms with Crippen LogP contribution >= 0.6 is 0 Å². The maximum Gasteiger partial charge on any atom is 0.500 e. The molecule has 0 atom stereocenters. The van der Waals surface area contributed by atoms with Gasteiger partial charge in [0.15, 0.2) is 0 Å². The van der Waals surface area contributed by atoms with Gasteiger partial charge in [0.25, 0.3) is 0 Å². The molecule has 0 saturated carbocycles. The Hall–Kier alpha value is 0.131. The Kier molecular flexibility index (Phi) is 35.1. The van der Waals surface area contributed by atoms with Gasteiger partial charge in [-0.05, 0) is 72.3 Å². The van der Waals surface area contributed by atoms with Crippen molar-refractivity contribution >= 4 is 26.2 Å². The van der Waals surface area contributed by atoms with Crippen molar-refractivity contribution in [2.75, 3.05) is 101 Å². The molecule has 0 amide bonds. The van der Waals surface area contributed by atoms with Gasteiger partial charge in [-0.3, -0.25) is 0 Å². The van der Waals surface area contributed by atoms with Crippen LogP contribution in [-0.2, 0) is 35.4 Å². The summed E-state index contributed by atoms with van der Waals surface area (Å²) in [5.74, 6) is 0. The van der Waals surface area contributed by atoms with Gasteiger partial charge in [0, 0.05) is 93.6 Å². The zero-order valence-corrected chi connectivity index (χ0v) is 30.8. The quantitative estimate of drug-likeness (QED) is 0.0673. The Bertz CT molecular complexity index is 504. The minimum absolute atomic E-state index is 0.636. The van der Waals surface area contributed by atoms with Crippen LogP contribution in [0.25, 0.3) is 0 Å². The highest BCUT2D eigenvalue weighted by Gasteiger charge is 2.39. The van der Waals surface area contributed by atoms with Crippen LogP contribution in [0, 0.1) is 0 Å². The van der Waals surface area contributed by atoms with Gasteiger partial charge in [-0.2, -0.15) is 0 Å². The van der Waals surface area contributed by atoms with Crippen molar-refractivity contribution in [3.8, 4) is 0 Å². The zero-order valence-electron chi connectivity index (χ0n) is 27.8. The van der Waals surface area contributed by atoms with E-state index in [0.717, 1.165) is 63.6 Å². The monoisotopic (exact) mass is 649 g/mol. The van der Waals surface area contributed by atoms with E-state index in [9.17, 15) is 0 Å². The summed E-state index contributed by atoms with van der Waals surface area (Å²) >= 11 is 0. The van der Waals surface area contributed by atoms with E-state index in [1.807, 2.05) is 20.8 Å². The topological polar surface area (TPSA) is 176 Å². The Morgan fingerprint density at radius 3 is 1.20 bits per heavy atom. The highest BCUT2D eigenvalue weighted by Crippen LogP contribution is 2.17. The summed E-state index contributed by atoms with van der Waals surface area (Å²) in [4.78, 5) is 0. The molecule has 0 bridgehead atoms. The average Bonchev–Trinajstić information content (AvgIpc) is 2.99. The SMILES string of the molecule is CCO[Si](CCCN)(OCC)OCC.CO[Si](C)(CCCNCCN)OC.CO[Si](CCCNCCN)(OC)OC. The van der Waals surface area contributed by atoms with Crippen LogP contribution < -0.4 is 27.8 Å². The first-order valence-corrected chi connectivity index (χ1v) is 21.2. The standard InChI is InChI=1S/C9H23NO3Si.C8H22N2O3Si.C8H22N2O2Si/c1-4-11-14(12-5-2,13-6-3)9-7-8-10;1-11-14(12-2,13-3)8-4-6-10-7-5-9;1-11-13(3,12-2)8-4-6-10-7-5-9/h4-10H2,1-3H3;10H,4-9H2,1-3H3;10H,4-9H2,1-3H3. The Labute approximate surface area is 255 Å². The second kappa shape index (κ2) is 31.6. The van der Waals surface area contributed by atoms with Crippen LogP contribution in [0.3, 0.4) is 0 Å². The maximum atomic E-state index is 5.65. The van der Waals surface area contributed by atoms with Crippen LogP contribution in [-0.4, -0.2) is 127 Å². The molecule has 0 unspecified atom stereocenters. The minimum atomic E-state index is -2.40. The van der Waals surface area contributed by atoms with Gasteiger partial charge in [-0.1, -0.05) is 0 Å². The summed E-state index contributed by atoms with van der Waals surface area (Å²) < 4.78 is 43.5. The molecular formula is C25H67N5O8Si3. The van der Waals surface area contributed by atoms with Gasteiger partial charge in [-0.15, -0.1) is 0 Å². The molecule has 0 aromatic rings. The van der Waals surface area contributed by atoms with Gasteiger partial charge in [0.05, 0.1) is 0 Å². The summed E-state index contributed by atoms with van der Waals surface area (Å²) in [6.45, 7) is 15.5. The fourth-order valence-corrected chi connectivity index (χ4v) is 9.34. The molecular weight excluding hydrogens is 583 g/mol. The predicted octanol–water partition coefficient (Wildman–Crippen LogP) is 1.48. The Morgan fingerprint density at radius 2 is 0.878 bits per heavy atom. The lowest BCUT2D eigenvalue weighted by atomic mass is 10.5. The van der Waals surface area contributed by atoms with E-state index in [0.29, 0.717) is 39.5 Å². The van der Waals surface area contributed by atoms with Crippen molar-refractivity contribution < 1.29 is 35.4 Å². The van der Waals surface area contributed by atoms with E-state index in [2.05, 4.69) is 17.2 Å². The summed E-state index contributed by atoms with van der Waals surface area (Å²) in [6, 6.07) is 2.67. The van der Waals surface area contributed by atoms with Crippen LogP contribution in [0.4, 0.5) is 0 Å². The fraction of sp³-hybridized carbons (Fsp3) is 1.00. The molecule has 0 rings (SSSR count). The molecule has 0 saturated heterocycles. The highest BCUT2D eigenvalue weighted by molar-refractivity contribution is 6.65. The number of hydrogen-bond acceptors (Lipinski definition) is 13. The smallest absolute Gasteiger partial charge is 0.398 e. The third kappa shape index (κ3) is 25.2. The van der Waals surface area contributed by atoms with E-state index in [1.54, 1.807) is 35.5 Å². The molecule has 0 radical (unpaired) electrons. The fourth-order valence-electron chi connectivity index (χ4n) is 3.58. The van der Waals surface area contributed by atoms with Gasteiger partial charge >= 0.3 is 26.2 Å². The van der Waals surface area contributed by atoms with Crippen molar-refractivity contribution in [1.29, 1.82) is 0 Å². The summed E-state index contributed by atoms with van der Waals surface area (Å²) in [6.07, 6.45) is 2.96. The van der Waals surface area contributed by atoms with Crippen molar-refractivity contribution in [3.63, 3.8) is 0 Å². The molecule has 0 aromatic carbocycles. The first-order chi connectivity index (χ1) is 19.7. The normalized spacial score (nSPS) is 12.0. The lowest BCUT2D eigenvalue weighted by Crippen LogP contribution is -2.46. The lowest BCUT2D eigenvalue weighted by Gasteiger charge is -2.28. The number of nitrogens with one attached hydrogen (secondary N) is 2. The number of nitrogens with two attached hydrogens (primary N) is 3. The average molecular weight is 650 g/mol.